The summed E-state index contributed by atoms with van der Waals surface area (Å²) in [7, 11) is 0. The highest BCUT2D eigenvalue weighted by molar-refractivity contribution is 6.29. The van der Waals surface area contributed by atoms with Gasteiger partial charge in [-0.2, -0.15) is 0 Å². The fourth-order valence-electron chi connectivity index (χ4n) is 1.67. The molecule has 0 aromatic carbocycles. The number of hydrogen-bond donors (Lipinski definition) is 2. The Kier molecular flexibility index (Phi) is 3.69. The molecular weight excluding hydrogens is 228 g/mol. The molecule has 16 heavy (non-hydrogen) atoms. The average Bonchev–Trinajstić information content (AvgIpc) is 2.30. The minimum atomic E-state index is -0.142. The fraction of sp³-hybridized carbons (Fsp3) is 0.500. The van der Waals surface area contributed by atoms with Gasteiger partial charge in [0.2, 0.25) is 11.9 Å². The van der Waals surface area contributed by atoms with Crippen LogP contribution in [0.25, 0.3) is 0 Å². The third kappa shape index (κ3) is 2.90. The van der Waals surface area contributed by atoms with Crippen LogP contribution in [0.15, 0.2) is 12.3 Å². The lowest BCUT2D eigenvalue weighted by Crippen LogP contribution is -2.43. The van der Waals surface area contributed by atoms with Crippen LogP contribution >= 0.6 is 11.6 Å². The molecule has 5 nitrogen and oxygen atoms in total. The van der Waals surface area contributed by atoms with Gasteiger partial charge in [0.05, 0.1) is 6.04 Å². The van der Waals surface area contributed by atoms with Gasteiger partial charge in [-0.1, -0.05) is 18.0 Å². The Hall–Kier alpha value is -1.20. The van der Waals surface area contributed by atoms with Crippen LogP contribution in [0.3, 0.4) is 0 Å². The van der Waals surface area contributed by atoms with E-state index in [0.717, 1.165) is 25.8 Å². The molecule has 1 aromatic heterocycles. The normalized spacial score (nSPS) is 20.4. The summed E-state index contributed by atoms with van der Waals surface area (Å²) in [6.45, 7) is 0.883. The number of carbonyl (C=O) groups is 1. The lowest BCUT2D eigenvalue weighted by Gasteiger charge is -2.21. The maximum absolute atomic E-state index is 11.8. The first-order valence-electron chi connectivity index (χ1n) is 5.28. The highest BCUT2D eigenvalue weighted by atomic mass is 35.5. The molecule has 6 heteroatoms. The summed E-state index contributed by atoms with van der Waals surface area (Å²) in [4.78, 5) is 19.6. The smallest absolute Gasteiger partial charge is 0.243 e. The Bertz CT molecular complexity index is 379. The van der Waals surface area contributed by atoms with Crippen molar-refractivity contribution in [3.8, 4) is 0 Å². The van der Waals surface area contributed by atoms with Gasteiger partial charge in [-0.3, -0.25) is 10.1 Å². The number of anilines is 1. The third-order valence-corrected chi connectivity index (χ3v) is 2.69. The monoisotopic (exact) mass is 240 g/mol. The van der Waals surface area contributed by atoms with Crippen LogP contribution in [-0.4, -0.2) is 28.5 Å². The van der Waals surface area contributed by atoms with E-state index in [1.165, 1.54) is 6.20 Å². The van der Waals surface area contributed by atoms with E-state index in [9.17, 15) is 4.79 Å². The van der Waals surface area contributed by atoms with Crippen LogP contribution in [0.5, 0.6) is 0 Å². The molecule has 0 aliphatic carbocycles. The molecule has 0 spiro atoms. The van der Waals surface area contributed by atoms with Crippen molar-refractivity contribution in [2.45, 2.75) is 25.3 Å². The Morgan fingerprint density at radius 1 is 1.56 bits per heavy atom. The summed E-state index contributed by atoms with van der Waals surface area (Å²) in [5, 5.41) is 6.12. The SMILES string of the molecule is O=C(Nc1nccc(Cl)n1)[C@H]1CCCCN1. The molecule has 2 rings (SSSR count). The number of nitrogens with one attached hydrogen (secondary N) is 2. The van der Waals surface area contributed by atoms with Crippen molar-refractivity contribution >= 4 is 23.5 Å². The van der Waals surface area contributed by atoms with Gasteiger partial charge in [0, 0.05) is 6.20 Å². The number of halogens is 1. The van der Waals surface area contributed by atoms with Gasteiger partial charge in [0.25, 0.3) is 0 Å². The molecule has 1 aliphatic heterocycles. The summed E-state index contributed by atoms with van der Waals surface area (Å²) in [5.41, 5.74) is 0. The molecule has 1 aromatic rings. The quantitative estimate of drug-likeness (QED) is 0.763. The van der Waals surface area contributed by atoms with E-state index in [2.05, 4.69) is 20.6 Å². The minimum Gasteiger partial charge on any atom is -0.306 e. The van der Waals surface area contributed by atoms with E-state index in [4.69, 9.17) is 11.6 Å². The Morgan fingerprint density at radius 3 is 3.12 bits per heavy atom. The van der Waals surface area contributed by atoms with Gasteiger partial charge in [0.1, 0.15) is 5.15 Å². The zero-order valence-corrected chi connectivity index (χ0v) is 9.50. The van der Waals surface area contributed by atoms with Crippen LogP contribution in [0.1, 0.15) is 19.3 Å². The summed E-state index contributed by atoms with van der Waals surface area (Å²) in [6.07, 6.45) is 4.56. The predicted octanol–water partition coefficient (Wildman–Crippen LogP) is 1.21. The minimum absolute atomic E-state index is 0.0954. The molecule has 0 radical (unpaired) electrons. The topological polar surface area (TPSA) is 66.9 Å². The summed E-state index contributed by atoms with van der Waals surface area (Å²) >= 11 is 5.70. The Labute approximate surface area is 98.6 Å². The van der Waals surface area contributed by atoms with Crippen molar-refractivity contribution in [1.82, 2.24) is 15.3 Å². The maximum atomic E-state index is 11.8. The van der Waals surface area contributed by atoms with Crippen molar-refractivity contribution in [1.29, 1.82) is 0 Å². The molecule has 1 amide bonds. The molecule has 1 aliphatic rings. The molecule has 0 unspecified atom stereocenters. The Morgan fingerprint density at radius 2 is 2.44 bits per heavy atom. The van der Waals surface area contributed by atoms with Gasteiger partial charge < -0.3 is 5.32 Å². The summed E-state index contributed by atoms with van der Waals surface area (Å²) < 4.78 is 0. The zero-order chi connectivity index (χ0) is 11.4. The van der Waals surface area contributed by atoms with Crippen molar-refractivity contribution in [2.75, 3.05) is 11.9 Å². The standard InChI is InChI=1S/C10H13ClN4O/c11-8-4-6-13-10(14-8)15-9(16)7-3-1-2-5-12-7/h4,6-7,12H,1-3,5H2,(H,13,14,15,16)/t7-/m1/s1. The van der Waals surface area contributed by atoms with Crippen LogP contribution < -0.4 is 10.6 Å². The first kappa shape index (κ1) is 11.3. The Balaban J connectivity index is 1.96. The van der Waals surface area contributed by atoms with E-state index >= 15 is 0 Å². The molecule has 0 saturated carbocycles. The second kappa shape index (κ2) is 5.23. The van der Waals surface area contributed by atoms with Crippen molar-refractivity contribution in [3.05, 3.63) is 17.4 Å². The molecule has 1 fully saturated rings. The largest absolute Gasteiger partial charge is 0.306 e. The zero-order valence-electron chi connectivity index (χ0n) is 8.74. The number of nitrogens with zero attached hydrogens (tertiary/aromatic N) is 2. The summed E-state index contributed by atoms with van der Waals surface area (Å²) in [5.74, 6) is 0.159. The number of aromatic nitrogens is 2. The number of amides is 1. The molecule has 2 heterocycles. The first-order chi connectivity index (χ1) is 7.75. The first-order valence-corrected chi connectivity index (χ1v) is 5.66. The van der Waals surface area contributed by atoms with Gasteiger partial charge in [-0.15, -0.1) is 0 Å². The molecule has 86 valence electrons. The maximum Gasteiger partial charge on any atom is 0.243 e. The van der Waals surface area contributed by atoms with Gasteiger partial charge >= 0.3 is 0 Å². The van der Waals surface area contributed by atoms with E-state index < -0.39 is 0 Å². The lowest BCUT2D eigenvalue weighted by atomic mass is 10.0. The van der Waals surface area contributed by atoms with Crippen LogP contribution in [0.2, 0.25) is 5.15 Å². The molecule has 0 bridgehead atoms. The molecule has 1 saturated heterocycles. The molecule has 1 atom stereocenters. The second-order valence-corrected chi connectivity index (χ2v) is 4.08. The number of carbonyl (C=O) groups excluding carboxylic acids is 1. The highest BCUT2D eigenvalue weighted by Crippen LogP contribution is 2.10. The highest BCUT2D eigenvalue weighted by Gasteiger charge is 2.20. The van der Waals surface area contributed by atoms with Crippen LogP contribution in [0.4, 0.5) is 5.95 Å². The van der Waals surface area contributed by atoms with Crippen molar-refractivity contribution in [2.24, 2.45) is 0 Å². The number of hydrogen-bond acceptors (Lipinski definition) is 4. The third-order valence-electron chi connectivity index (χ3n) is 2.48. The van der Waals surface area contributed by atoms with Gasteiger partial charge in [-0.25, -0.2) is 9.97 Å². The molecular formula is C10H13ClN4O. The van der Waals surface area contributed by atoms with E-state index in [0.29, 0.717) is 5.15 Å². The van der Waals surface area contributed by atoms with Gasteiger partial charge in [0.15, 0.2) is 0 Å². The van der Waals surface area contributed by atoms with Crippen LogP contribution in [-0.2, 0) is 4.79 Å². The average molecular weight is 241 g/mol. The van der Waals surface area contributed by atoms with E-state index in [1.807, 2.05) is 0 Å². The second-order valence-electron chi connectivity index (χ2n) is 3.69. The lowest BCUT2D eigenvalue weighted by molar-refractivity contribution is -0.118. The van der Waals surface area contributed by atoms with Crippen molar-refractivity contribution in [3.63, 3.8) is 0 Å². The van der Waals surface area contributed by atoms with Crippen molar-refractivity contribution < 1.29 is 4.79 Å². The van der Waals surface area contributed by atoms with E-state index in [1.54, 1.807) is 6.07 Å². The van der Waals surface area contributed by atoms with Crippen LogP contribution in [0, 0.1) is 0 Å². The molecule has 2 N–H and O–H groups in total. The summed E-state index contributed by atoms with van der Waals surface area (Å²) in [6, 6.07) is 1.42. The number of rotatable bonds is 2. The predicted molar refractivity (Wildman–Crippen MR) is 61.3 cm³/mol. The fourth-order valence-corrected chi connectivity index (χ4v) is 1.81. The van der Waals surface area contributed by atoms with Gasteiger partial charge in [-0.05, 0) is 25.5 Å². The number of piperidine rings is 1. The van der Waals surface area contributed by atoms with E-state index in [-0.39, 0.29) is 17.9 Å².